The summed E-state index contributed by atoms with van der Waals surface area (Å²) in [6.07, 6.45) is -10.2. The van der Waals surface area contributed by atoms with Crippen LogP contribution in [0, 0.1) is 20.8 Å². The average Bonchev–Trinajstić information content (AvgIpc) is 2.68. The predicted octanol–water partition coefficient (Wildman–Crippen LogP) is 5.15. The second-order valence-electron chi connectivity index (χ2n) is 6.73. The fourth-order valence-electron chi connectivity index (χ4n) is 2.85. The van der Waals surface area contributed by atoms with Crippen molar-refractivity contribution in [3.63, 3.8) is 0 Å². The van der Waals surface area contributed by atoms with Crippen LogP contribution in [0.25, 0.3) is 0 Å². The van der Waals surface area contributed by atoms with Crippen LogP contribution in [0.15, 0.2) is 10.2 Å². The summed E-state index contributed by atoms with van der Waals surface area (Å²) in [5.74, 6) is 0. The van der Waals surface area contributed by atoms with E-state index in [4.69, 9.17) is 24.4 Å². The van der Waals surface area contributed by atoms with Gasteiger partial charge in [-0.05, 0) is 63.0 Å². The second-order valence-corrected chi connectivity index (χ2v) is 7.63. The van der Waals surface area contributed by atoms with Crippen molar-refractivity contribution in [2.75, 3.05) is 7.05 Å². The smallest absolute Gasteiger partial charge is 0.364 e. The van der Waals surface area contributed by atoms with Gasteiger partial charge in [-0.3, -0.25) is 10.9 Å². The summed E-state index contributed by atoms with van der Waals surface area (Å²) >= 11 is 9.89. The molecule has 0 radical (unpaired) electrons. The van der Waals surface area contributed by atoms with Crippen molar-refractivity contribution in [2.24, 2.45) is 10.2 Å². The topological polar surface area (TPSA) is 60.8 Å². The molecule has 1 rings (SSSR count). The Kier molecular flexibility index (Phi) is 9.16. The van der Waals surface area contributed by atoms with Crippen molar-refractivity contribution in [1.82, 2.24) is 16.2 Å². The Morgan fingerprint density at radius 1 is 0.844 bits per heavy atom. The van der Waals surface area contributed by atoms with Gasteiger partial charge in [0.2, 0.25) is 0 Å². The summed E-state index contributed by atoms with van der Waals surface area (Å²) in [5, 5.41) is 10.3. The number of halogens is 6. The van der Waals surface area contributed by atoms with Gasteiger partial charge in [0, 0.05) is 12.6 Å². The Hall–Kier alpha value is -2.28. The molecule has 178 valence electrons. The van der Waals surface area contributed by atoms with Gasteiger partial charge < -0.3 is 5.32 Å². The molecule has 0 aliphatic carbocycles. The Morgan fingerprint density at radius 3 is 1.81 bits per heavy atom. The van der Waals surface area contributed by atoms with Crippen molar-refractivity contribution in [3.05, 3.63) is 33.4 Å². The maximum absolute atomic E-state index is 14.1. The lowest BCUT2D eigenvalue weighted by atomic mass is 9.84. The Morgan fingerprint density at radius 2 is 1.38 bits per heavy atom. The van der Waals surface area contributed by atoms with E-state index in [1.807, 2.05) is 0 Å². The lowest BCUT2D eigenvalue weighted by Crippen LogP contribution is -2.33. The largest absolute Gasteiger partial charge is 0.417 e. The van der Waals surface area contributed by atoms with E-state index in [0.717, 1.165) is 6.92 Å². The number of rotatable bonds is 5. The molecule has 0 aliphatic heterocycles. The van der Waals surface area contributed by atoms with Crippen molar-refractivity contribution in [1.29, 1.82) is 0 Å². The minimum Gasteiger partial charge on any atom is -0.364 e. The number of thiocarbonyl (C=S) groups is 2. The molecule has 0 saturated carbocycles. The van der Waals surface area contributed by atoms with Gasteiger partial charge in [0.25, 0.3) is 0 Å². The number of benzene rings is 1. The van der Waals surface area contributed by atoms with Crippen LogP contribution in [-0.2, 0) is 12.4 Å². The first-order valence-electron chi connectivity index (χ1n) is 9.25. The summed E-state index contributed by atoms with van der Waals surface area (Å²) in [5.41, 5.74) is -0.605. The fraction of sp³-hybridized carbons (Fsp3) is 0.474. The van der Waals surface area contributed by atoms with Crippen LogP contribution in [0.3, 0.4) is 0 Å². The molecule has 0 aromatic heterocycles. The van der Waals surface area contributed by atoms with E-state index in [0.29, 0.717) is 6.42 Å². The Bertz CT molecular complexity index is 965. The van der Waals surface area contributed by atoms with E-state index in [-0.39, 0.29) is 26.9 Å². The number of hydrogen-bond donors (Lipinski definition) is 3. The van der Waals surface area contributed by atoms with Crippen LogP contribution >= 0.6 is 24.4 Å². The number of hydrazone groups is 2. The summed E-state index contributed by atoms with van der Waals surface area (Å²) < 4.78 is 83.8. The van der Waals surface area contributed by atoms with Crippen LogP contribution in [0.4, 0.5) is 26.3 Å². The highest BCUT2D eigenvalue weighted by Gasteiger charge is 2.48. The summed E-state index contributed by atoms with van der Waals surface area (Å²) in [4.78, 5) is 0.284. The molecule has 1 aromatic rings. The normalized spacial score (nSPS) is 13.1. The minimum absolute atomic E-state index is 0.0219. The number of nitrogens with one attached hydrogen (secondary N) is 3. The molecule has 0 saturated heterocycles. The zero-order valence-electron chi connectivity index (χ0n) is 18.2. The molecule has 1 aromatic carbocycles. The van der Waals surface area contributed by atoms with Crippen LogP contribution in [0.1, 0.15) is 53.6 Å². The lowest BCUT2D eigenvalue weighted by molar-refractivity contribution is -0.162. The quantitative estimate of drug-likeness (QED) is 0.226. The van der Waals surface area contributed by atoms with E-state index < -0.39 is 40.3 Å². The van der Waals surface area contributed by atoms with Gasteiger partial charge >= 0.3 is 12.4 Å². The first-order chi connectivity index (χ1) is 14.6. The van der Waals surface area contributed by atoms with Gasteiger partial charge in [0.15, 0.2) is 5.11 Å². The van der Waals surface area contributed by atoms with Crippen molar-refractivity contribution < 1.29 is 26.3 Å². The first-order valence-corrected chi connectivity index (χ1v) is 10.1. The number of nitrogens with zero attached hydrogens (tertiary/aromatic N) is 2. The summed E-state index contributed by atoms with van der Waals surface area (Å²) in [6.45, 7) is 6.67. The predicted molar refractivity (Wildman–Crippen MR) is 121 cm³/mol. The Labute approximate surface area is 192 Å². The number of alkyl halides is 6. The van der Waals surface area contributed by atoms with Gasteiger partial charge in [-0.25, -0.2) is 0 Å². The molecule has 0 atom stereocenters. The maximum atomic E-state index is 14.1. The van der Waals surface area contributed by atoms with Crippen LogP contribution in [-0.4, -0.2) is 28.6 Å². The van der Waals surface area contributed by atoms with E-state index in [1.54, 1.807) is 6.92 Å². The van der Waals surface area contributed by atoms with E-state index >= 15 is 0 Å². The molecule has 0 unspecified atom stereocenters. The van der Waals surface area contributed by atoms with E-state index in [2.05, 4.69) is 26.4 Å². The molecular weight excluding hydrogens is 476 g/mol. The summed E-state index contributed by atoms with van der Waals surface area (Å²) in [7, 11) is 1.44. The van der Waals surface area contributed by atoms with Gasteiger partial charge in [0.1, 0.15) is 5.71 Å². The van der Waals surface area contributed by atoms with E-state index in [1.165, 1.54) is 27.8 Å². The third-order valence-electron chi connectivity index (χ3n) is 4.69. The first kappa shape index (κ1) is 27.8. The van der Waals surface area contributed by atoms with Crippen LogP contribution < -0.4 is 16.2 Å². The molecule has 0 aliphatic rings. The highest BCUT2D eigenvalue weighted by molar-refractivity contribution is 7.80. The van der Waals surface area contributed by atoms with Gasteiger partial charge in [-0.1, -0.05) is 19.1 Å². The zero-order valence-corrected chi connectivity index (χ0v) is 19.8. The SMILES string of the molecule is CCC(=S)NN=C(C)C(=NNC(=S)NC)c1c(C)c(C)c(C)c(C(F)(F)F)c1C(F)(F)F. The van der Waals surface area contributed by atoms with Crippen LogP contribution in [0.2, 0.25) is 0 Å². The molecule has 0 amide bonds. The van der Waals surface area contributed by atoms with Gasteiger partial charge in [-0.15, -0.1) is 0 Å². The summed E-state index contributed by atoms with van der Waals surface area (Å²) in [6, 6.07) is 0. The van der Waals surface area contributed by atoms with Crippen molar-refractivity contribution in [2.45, 2.75) is 53.4 Å². The lowest BCUT2D eigenvalue weighted by Gasteiger charge is -2.26. The third-order valence-corrected chi connectivity index (χ3v) is 5.36. The maximum Gasteiger partial charge on any atom is 0.417 e. The third kappa shape index (κ3) is 6.37. The standard InChI is InChI=1S/C19H23F6N5S2/c1-7-12(31)28-27-11(5)16(29-30-17(32)26-6)13-9(3)8(2)10(4)14(18(20,21)22)15(13)19(23,24)25/h7H2,1-6H3,(H,28,31)(H2,26,30,32). The van der Waals surface area contributed by atoms with Crippen LogP contribution in [0.5, 0.6) is 0 Å². The molecule has 0 fully saturated rings. The monoisotopic (exact) mass is 499 g/mol. The molecule has 0 spiro atoms. The second kappa shape index (κ2) is 10.6. The average molecular weight is 500 g/mol. The number of hydrogen-bond acceptors (Lipinski definition) is 4. The highest BCUT2D eigenvalue weighted by atomic mass is 32.1. The van der Waals surface area contributed by atoms with Crippen molar-refractivity contribution >= 4 is 46.0 Å². The molecule has 3 N–H and O–H groups in total. The van der Waals surface area contributed by atoms with Gasteiger partial charge in [-0.2, -0.15) is 36.5 Å². The van der Waals surface area contributed by atoms with Crippen molar-refractivity contribution in [3.8, 4) is 0 Å². The molecule has 0 heterocycles. The van der Waals surface area contributed by atoms with E-state index in [9.17, 15) is 26.3 Å². The molecular formula is C19H23F6N5S2. The molecule has 5 nitrogen and oxygen atoms in total. The Balaban J connectivity index is 4.11. The highest BCUT2D eigenvalue weighted by Crippen LogP contribution is 2.46. The zero-order chi connectivity index (χ0) is 25.0. The minimum atomic E-state index is -5.33. The molecule has 32 heavy (non-hydrogen) atoms. The molecule has 0 bridgehead atoms. The fourth-order valence-corrected chi connectivity index (χ4v) is 2.94. The van der Waals surface area contributed by atoms with Gasteiger partial charge in [0.05, 0.1) is 21.8 Å². The molecule has 13 heteroatoms.